The number of nitrogens with one attached hydrogen (secondary N) is 1. The minimum Gasteiger partial charge on any atom is -0.505 e. The molecule has 0 spiro atoms. The van der Waals surface area contributed by atoms with E-state index in [2.05, 4.69) is 9.98 Å². The van der Waals surface area contributed by atoms with Crippen molar-refractivity contribution in [2.24, 2.45) is 4.99 Å². The summed E-state index contributed by atoms with van der Waals surface area (Å²) in [5.74, 6) is 0.622. The summed E-state index contributed by atoms with van der Waals surface area (Å²) in [6, 6.07) is 7.12. The SMILES string of the molecule is CC(=Nc1c(O)c2ccccc2[nH]c1=O)N1CCOCC1. The fourth-order valence-corrected chi connectivity index (χ4v) is 2.44. The molecule has 0 aliphatic carbocycles. The largest absolute Gasteiger partial charge is 0.505 e. The van der Waals surface area contributed by atoms with Crippen molar-refractivity contribution in [3.05, 3.63) is 34.6 Å². The number of benzene rings is 1. The number of rotatable bonds is 1. The van der Waals surface area contributed by atoms with E-state index < -0.39 is 0 Å². The highest BCUT2D eigenvalue weighted by Gasteiger charge is 2.15. The standard InChI is InChI=1S/C15H17N3O3/c1-10(18-6-8-21-9-7-18)16-13-14(19)11-4-2-3-5-12(11)17-15(13)20/h2-5H,6-9H2,1H3,(H2,17,19,20). The molecule has 0 radical (unpaired) electrons. The van der Waals surface area contributed by atoms with Gasteiger partial charge < -0.3 is 19.7 Å². The first-order chi connectivity index (χ1) is 10.2. The van der Waals surface area contributed by atoms with Crippen molar-refractivity contribution in [3.8, 4) is 5.75 Å². The topological polar surface area (TPSA) is 77.9 Å². The lowest BCUT2D eigenvalue weighted by atomic mass is 10.2. The van der Waals surface area contributed by atoms with Crippen molar-refractivity contribution < 1.29 is 9.84 Å². The Balaban J connectivity index is 2.05. The molecule has 1 saturated heterocycles. The predicted octanol–water partition coefficient (Wildman–Crippen LogP) is 1.62. The second kappa shape index (κ2) is 5.57. The highest BCUT2D eigenvalue weighted by Crippen LogP contribution is 2.30. The van der Waals surface area contributed by atoms with Crippen molar-refractivity contribution in [2.75, 3.05) is 26.3 Å². The van der Waals surface area contributed by atoms with Crippen molar-refractivity contribution in [2.45, 2.75) is 6.92 Å². The van der Waals surface area contributed by atoms with Gasteiger partial charge in [-0.2, -0.15) is 0 Å². The second-order valence-corrected chi connectivity index (χ2v) is 4.96. The molecule has 0 saturated carbocycles. The second-order valence-electron chi connectivity index (χ2n) is 4.96. The van der Waals surface area contributed by atoms with E-state index in [0.717, 1.165) is 13.1 Å². The molecule has 1 aliphatic heterocycles. The van der Waals surface area contributed by atoms with Gasteiger partial charge in [-0.1, -0.05) is 12.1 Å². The van der Waals surface area contributed by atoms with E-state index in [-0.39, 0.29) is 17.0 Å². The molecule has 0 atom stereocenters. The zero-order valence-electron chi connectivity index (χ0n) is 11.8. The molecule has 1 fully saturated rings. The minimum atomic E-state index is -0.390. The molecule has 3 rings (SSSR count). The summed E-state index contributed by atoms with van der Waals surface area (Å²) in [5, 5.41) is 10.9. The number of nitrogens with zero attached hydrogens (tertiary/aromatic N) is 2. The van der Waals surface area contributed by atoms with Gasteiger partial charge in [-0.25, -0.2) is 4.99 Å². The first kappa shape index (κ1) is 13.6. The van der Waals surface area contributed by atoms with Crippen molar-refractivity contribution in [1.29, 1.82) is 0 Å². The third kappa shape index (κ3) is 2.62. The van der Waals surface area contributed by atoms with Crippen LogP contribution in [-0.4, -0.2) is 47.1 Å². The molecule has 0 unspecified atom stereocenters. The van der Waals surface area contributed by atoms with Gasteiger partial charge in [0.15, 0.2) is 11.4 Å². The molecule has 1 aliphatic rings. The highest BCUT2D eigenvalue weighted by atomic mass is 16.5. The highest BCUT2D eigenvalue weighted by molar-refractivity contribution is 5.91. The van der Waals surface area contributed by atoms with Crippen LogP contribution in [0.15, 0.2) is 34.1 Å². The van der Waals surface area contributed by atoms with Crippen LogP contribution in [0.3, 0.4) is 0 Å². The fourth-order valence-electron chi connectivity index (χ4n) is 2.44. The Hall–Kier alpha value is -2.34. The van der Waals surface area contributed by atoms with Crippen LogP contribution in [-0.2, 0) is 4.74 Å². The Morgan fingerprint density at radius 2 is 2.05 bits per heavy atom. The van der Waals surface area contributed by atoms with Crippen LogP contribution in [0, 0.1) is 0 Å². The van der Waals surface area contributed by atoms with Crippen LogP contribution in [0.1, 0.15) is 6.92 Å². The van der Waals surface area contributed by atoms with Gasteiger partial charge in [0.1, 0.15) is 5.84 Å². The molecule has 2 heterocycles. The Kier molecular flexibility index (Phi) is 3.62. The summed E-state index contributed by atoms with van der Waals surface area (Å²) < 4.78 is 5.29. The number of fused-ring (bicyclic) bond motifs is 1. The Bertz CT molecular complexity index is 745. The van der Waals surface area contributed by atoms with E-state index in [9.17, 15) is 9.90 Å². The normalized spacial score (nSPS) is 16.4. The minimum absolute atomic E-state index is 0.0534. The summed E-state index contributed by atoms with van der Waals surface area (Å²) in [6.45, 7) is 4.60. The molecule has 1 aromatic heterocycles. The van der Waals surface area contributed by atoms with Crippen LogP contribution in [0.25, 0.3) is 10.9 Å². The van der Waals surface area contributed by atoms with Crippen LogP contribution in [0.5, 0.6) is 5.75 Å². The van der Waals surface area contributed by atoms with Crippen molar-refractivity contribution in [1.82, 2.24) is 9.88 Å². The lowest BCUT2D eigenvalue weighted by Crippen LogP contribution is -2.39. The third-order valence-corrected chi connectivity index (χ3v) is 3.61. The molecule has 2 aromatic rings. The van der Waals surface area contributed by atoms with Gasteiger partial charge >= 0.3 is 0 Å². The zero-order chi connectivity index (χ0) is 14.8. The summed E-state index contributed by atoms with van der Waals surface area (Å²) in [4.78, 5) is 21.2. The van der Waals surface area contributed by atoms with E-state index in [4.69, 9.17) is 4.74 Å². The number of ether oxygens (including phenoxy) is 1. The van der Waals surface area contributed by atoms with Crippen LogP contribution in [0.2, 0.25) is 0 Å². The summed E-state index contributed by atoms with van der Waals surface area (Å²) >= 11 is 0. The van der Waals surface area contributed by atoms with Gasteiger partial charge in [0.2, 0.25) is 0 Å². The number of para-hydroxylation sites is 1. The molecule has 0 amide bonds. The Labute approximate surface area is 121 Å². The molecule has 2 N–H and O–H groups in total. The van der Waals surface area contributed by atoms with E-state index in [1.54, 1.807) is 18.2 Å². The molecular formula is C15H17N3O3. The molecular weight excluding hydrogens is 270 g/mol. The van der Waals surface area contributed by atoms with Crippen LogP contribution >= 0.6 is 0 Å². The van der Waals surface area contributed by atoms with E-state index >= 15 is 0 Å². The fraction of sp³-hybridized carbons (Fsp3) is 0.333. The maximum absolute atomic E-state index is 12.1. The van der Waals surface area contributed by atoms with Gasteiger partial charge in [0.25, 0.3) is 5.56 Å². The number of pyridine rings is 1. The van der Waals surface area contributed by atoms with E-state index in [1.807, 2.05) is 17.9 Å². The average molecular weight is 287 g/mol. The number of amidine groups is 1. The Morgan fingerprint density at radius 1 is 1.33 bits per heavy atom. The van der Waals surface area contributed by atoms with Crippen molar-refractivity contribution in [3.63, 3.8) is 0 Å². The van der Waals surface area contributed by atoms with Crippen LogP contribution < -0.4 is 5.56 Å². The number of aromatic hydroxyl groups is 1. The van der Waals surface area contributed by atoms with Gasteiger partial charge in [0.05, 0.1) is 18.7 Å². The van der Waals surface area contributed by atoms with Gasteiger partial charge in [-0.3, -0.25) is 4.79 Å². The monoisotopic (exact) mass is 287 g/mol. The van der Waals surface area contributed by atoms with Gasteiger partial charge in [0, 0.05) is 18.5 Å². The van der Waals surface area contributed by atoms with E-state index in [1.165, 1.54) is 0 Å². The molecule has 21 heavy (non-hydrogen) atoms. The van der Waals surface area contributed by atoms with Crippen LogP contribution in [0.4, 0.5) is 5.69 Å². The Morgan fingerprint density at radius 3 is 2.81 bits per heavy atom. The molecule has 110 valence electrons. The number of morpholine rings is 1. The molecule has 1 aromatic carbocycles. The quantitative estimate of drug-likeness (QED) is 0.617. The molecule has 6 heteroatoms. The lowest BCUT2D eigenvalue weighted by molar-refractivity contribution is 0.0678. The lowest BCUT2D eigenvalue weighted by Gasteiger charge is -2.28. The zero-order valence-corrected chi connectivity index (χ0v) is 11.8. The van der Waals surface area contributed by atoms with Gasteiger partial charge in [-0.15, -0.1) is 0 Å². The first-order valence-corrected chi connectivity index (χ1v) is 6.89. The summed E-state index contributed by atoms with van der Waals surface area (Å²) in [7, 11) is 0. The third-order valence-electron chi connectivity index (χ3n) is 3.61. The van der Waals surface area contributed by atoms with Crippen molar-refractivity contribution >= 4 is 22.4 Å². The smallest absolute Gasteiger partial charge is 0.278 e. The maximum atomic E-state index is 12.1. The first-order valence-electron chi connectivity index (χ1n) is 6.89. The van der Waals surface area contributed by atoms with Gasteiger partial charge in [-0.05, 0) is 19.1 Å². The van der Waals surface area contributed by atoms with E-state index in [0.29, 0.717) is 30.0 Å². The number of H-pyrrole nitrogens is 1. The number of aromatic nitrogens is 1. The average Bonchev–Trinajstić information content (AvgIpc) is 2.52. The molecule has 6 nitrogen and oxygen atoms in total. The number of hydrogen-bond acceptors (Lipinski definition) is 4. The summed E-state index contributed by atoms with van der Waals surface area (Å²) in [5.41, 5.74) is 0.263. The maximum Gasteiger partial charge on any atom is 0.278 e. The number of aliphatic imine (C=N–C) groups is 1. The molecule has 0 bridgehead atoms. The number of hydrogen-bond donors (Lipinski definition) is 2. The predicted molar refractivity (Wildman–Crippen MR) is 81.4 cm³/mol. The number of aromatic amines is 1. The summed E-state index contributed by atoms with van der Waals surface area (Å²) in [6.07, 6.45) is 0.